The first-order chi connectivity index (χ1) is 9.79. The van der Waals surface area contributed by atoms with E-state index in [1.807, 2.05) is 30.3 Å². The topological polar surface area (TPSA) is 32.8 Å². The van der Waals surface area contributed by atoms with Crippen LogP contribution in [0.5, 0.6) is 0 Å². The van der Waals surface area contributed by atoms with Gasteiger partial charge in [0.2, 0.25) is 0 Å². The summed E-state index contributed by atoms with van der Waals surface area (Å²) < 4.78 is 5.34. The summed E-state index contributed by atoms with van der Waals surface area (Å²) in [7, 11) is 0. The normalized spacial score (nSPS) is 16.1. The van der Waals surface area contributed by atoms with Crippen LogP contribution in [0.3, 0.4) is 0 Å². The molecular weight excluding hydrogens is 320 g/mol. The van der Waals surface area contributed by atoms with E-state index in [0.29, 0.717) is 6.61 Å². The lowest BCUT2D eigenvalue weighted by Crippen LogP contribution is -2.49. The van der Waals surface area contributed by atoms with Crippen molar-refractivity contribution >= 4 is 22.0 Å². The summed E-state index contributed by atoms with van der Waals surface area (Å²) in [5.41, 5.74) is 1.02. The Morgan fingerprint density at radius 1 is 1.15 bits per heavy atom. The molecule has 1 aliphatic rings. The molecule has 1 amide bonds. The third-order valence-corrected chi connectivity index (χ3v) is 4.00. The van der Waals surface area contributed by atoms with Crippen LogP contribution in [0.4, 0.5) is 4.79 Å². The molecule has 110 valence electrons. The molecule has 1 heterocycles. The van der Waals surface area contributed by atoms with Crippen molar-refractivity contribution in [1.82, 2.24) is 9.80 Å². The van der Waals surface area contributed by atoms with Crippen LogP contribution in [0.2, 0.25) is 0 Å². The second-order valence-electron chi connectivity index (χ2n) is 4.91. The number of alkyl halides is 1. The Morgan fingerprint density at radius 2 is 1.85 bits per heavy atom. The van der Waals surface area contributed by atoms with E-state index in [-0.39, 0.29) is 6.09 Å². The van der Waals surface area contributed by atoms with Gasteiger partial charge in [0.15, 0.2) is 0 Å². The lowest BCUT2D eigenvalue weighted by atomic mass is 10.2. The maximum absolute atomic E-state index is 12.0. The van der Waals surface area contributed by atoms with E-state index in [0.717, 1.165) is 50.0 Å². The zero-order chi connectivity index (χ0) is 14.2. The minimum Gasteiger partial charge on any atom is -0.445 e. The summed E-state index contributed by atoms with van der Waals surface area (Å²) >= 11 is 3.44. The van der Waals surface area contributed by atoms with E-state index in [1.54, 1.807) is 4.90 Å². The van der Waals surface area contributed by atoms with Crippen LogP contribution >= 0.6 is 15.9 Å². The van der Waals surface area contributed by atoms with Gasteiger partial charge in [0.05, 0.1) is 0 Å². The van der Waals surface area contributed by atoms with Gasteiger partial charge in [-0.15, -0.1) is 0 Å². The summed E-state index contributed by atoms with van der Waals surface area (Å²) in [6, 6.07) is 9.78. The van der Waals surface area contributed by atoms with Crippen LogP contribution < -0.4 is 0 Å². The van der Waals surface area contributed by atoms with E-state index < -0.39 is 0 Å². The van der Waals surface area contributed by atoms with Crippen molar-refractivity contribution in [3.63, 3.8) is 0 Å². The van der Waals surface area contributed by atoms with Crippen molar-refractivity contribution in [2.75, 3.05) is 38.1 Å². The van der Waals surface area contributed by atoms with Gasteiger partial charge in [-0.3, -0.25) is 4.90 Å². The first-order valence-corrected chi connectivity index (χ1v) is 8.15. The predicted octanol–water partition coefficient (Wildman–Crippen LogP) is 2.73. The van der Waals surface area contributed by atoms with E-state index in [4.69, 9.17) is 4.74 Å². The van der Waals surface area contributed by atoms with Crippen molar-refractivity contribution in [3.05, 3.63) is 35.9 Å². The molecule has 0 aliphatic carbocycles. The smallest absolute Gasteiger partial charge is 0.410 e. The Hall–Kier alpha value is -1.07. The molecule has 1 aromatic rings. The molecule has 0 unspecified atom stereocenters. The molecule has 0 bridgehead atoms. The average molecular weight is 341 g/mol. The molecule has 0 N–H and O–H groups in total. The third-order valence-electron chi connectivity index (χ3n) is 3.44. The highest BCUT2D eigenvalue weighted by Gasteiger charge is 2.21. The lowest BCUT2D eigenvalue weighted by molar-refractivity contribution is 0.0718. The number of amides is 1. The third kappa shape index (κ3) is 4.80. The number of rotatable bonds is 5. The highest BCUT2D eigenvalue weighted by atomic mass is 79.9. The second-order valence-corrected chi connectivity index (χ2v) is 5.70. The van der Waals surface area contributed by atoms with Gasteiger partial charge in [0.25, 0.3) is 0 Å². The maximum Gasteiger partial charge on any atom is 0.410 e. The zero-order valence-electron chi connectivity index (χ0n) is 11.6. The van der Waals surface area contributed by atoms with E-state index >= 15 is 0 Å². The van der Waals surface area contributed by atoms with Crippen LogP contribution in [0.1, 0.15) is 12.0 Å². The fourth-order valence-electron chi connectivity index (χ4n) is 2.25. The van der Waals surface area contributed by atoms with Crippen LogP contribution in [0, 0.1) is 0 Å². The van der Waals surface area contributed by atoms with Crippen molar-refractivity contribution in [2.45, 2.75) is 13.0 Å². The van der Waals surface area contributed by atoms with Crippen LogP contribution in [0.25, 0.3) is 0 Å². The highest BCUT2D eigenvalue weighted by Crippen LogP contribution is 2.07. The number of carbonyl (C=O) groups excluding carboxylic acids is 1. The molecule has 0 radical (unpaired) electrons. The van der Waals surface area contributed by atoms with E-state index in [9.17, 15) is 4.79 Å². The standard InChI is InChI=1S/C15H21BrN2O2/c16-7-4-8-17-9-11-18(12-10-17)15(19)20-13-14-5-2-1-3-6-14/h1-3,5-6H,4,7-13H2. The fraction of sp³-hybridized carbons (Fsp3) is 0.533. The Morgan fingerprint density at radius 3 is 2.50 bits per heavy atom. The summed E-state index contributed by atoms with van der Waals surface area (Å²) in [6.45, 7) is 4.84. The molecule has 0 spiro atoms. The van der Waals surface area contributed by atoms with Crippen LogP contribution in [0.15, 0.2) is 30.3 Å². The molecule has 2 rings (SSSR count). The molecule has 5 heteroatoms. The van der Waals surface area contributed by atoms with Crippen molar-refractivity contribution in [3.8, 4) is 0 Å². The molecule has 1 aliphatic heterocycles. The fourth-order valence-corrected chi connectivity index (χ4v) is 2.50. The summed E-state index contributed by atoms with van der Waals surface area (Å²) in [5, 5.41) is 1.03. The molecule has 0 saturated carbocycles. The molecule has 1 fully saturated rings. The molecule has 0 atom stereocenters. The minimum absolute atomic E-state index is 0.200. The number of hydrogen-bond donors (Lipinski definition) is 0. The molecular formula is C15H21BrN2O2. The monoisotopic (exact) mass is 340 g/mol. The predicted molar refractivity (Wildman–Crippen MR) is 83.1 cm³/mol. The minimum atomic E-state index is -0.200. The number of ether oxygens (including phenoxy) is 1. The van der Waals surface area contributed by atoms with Gasteiger partial charge in [-0.1, -0.05) is 46.3 Å². The number of nitrogens with zero attached hydrogens (tertiary/aromatic N) is 2. The zero-order valence-corrected chi connectivity index (χ0v) is 13.2. The summed E-state index contributed by atoms with van der Waals surface area (Å²) in [6.07, 6.45) is 0.951. The van der Waals surface area contributed by atoms with Crippen LogP contribution in [-0.2, 0) is 11.3 Å². The first-order valence-electron chi connectivity index (χ1n) is 7.03. The molecule has 4 nitrogen and oxygen atoms in total. The number of halogens is 1. The SMILES string of the molecule is O=C(OCc1ccccc1)N1CCN(CCCBr)CC1. The number of carbonyl (C=O) groups is 1. The average Bonchev–Trinajstić information content (AvgIpc) is 2.52. The van der Waals surface area contributed by atoms with Crippen molar-refractivity contribution in [1.29, 1.82) is 0 Å². The van der Waals surface area contributed by atoms with Gasteiger partial charge >= 0.3 is 6.09 Å². The van der Waals surface area contributed by atoms with E-state index in [2.05, 4.69) is 20.8 Å². The van der Waals surface area contributed by atoms with Gasteiger partial charge in [0.1, 0.15) is 6.61 Å². The van der Waals surface area contributed by atoms with Gasteiger partial charge in [-0.2, -0.15) is 0 Å². The van der Waals surface area contributed by atoms with Gasteiger partial charge in [0, 0.05) is 31.5 Å². The quantitative estimate of drug-likeness (QED) is 0.772. The number of piperazine rings is 1. The molecule has 20 heavy (non-hydrogen) atoms. The summed E-state index contributed by atoms with van der Waals surface area (Å²) in [5.74, 6) is 0. The second kappa shape index (κ2) is 8.27. The Balaban J connectivity index is 1.69. The van der Waals surface area contributed by atoms with E-state index in [1.165, 1.54) is 0 Å². The van der Waals surface area contributed by atoms with Crippen molar-refractivity contribution in [2.24, 2.45) is 0 Å². The van der Waals surface area contributed by atoms with Gasteiger partial charge in [-0.25, -0.2) is 4.79 Å². The Bertz CT molecular complexity index is 406. The molecule has 0 aromatic heterocycles. The first kappa shape index (κ1) is 15.3. The Kier molecular flexibility index (Phi) is 6.33. The Labute approximate surface area is 128 Å². The maximum atomic E-state index is 12.0. The lowest BCUT2D eigenvalue weighted by Gasteiger charge is -2.33. The van der Waals surface area contributed by atoms with Crippen LogP contribution in [-0.4, -0.2) is 53.9 Å². The van der Waals surface area contributed by atoms with Gasteiger partial charge < -0.3 is 9.64 Å². The molecule has 1 saturated heterocycles. The molecule has 1 aromatic carbocycles. The van der Waals surface area contributed by atoms with Gasteiger partial charge in [-0.05, 0) is 18.5 Å². The summed E-state index contributed by atoms with van der Waals surface area (Å²) in [4.78, 5) is 16.2. The number of hydrogen-bond acceptors (Lipinski definition) is 3. The highest BCUT2D eigenvalue weighted by molar-refractivity contribution is 9.09. The van der Waals surface area contributed by atoms with Crippen molar-refractivity contribution < 1.29 is 9.53 Å². The number of benzene rings is 1. The largest absolute Gasteiger partial charge is 0.445 e.